The summed E-state index contributed by atoms with van der Waals surface area (Å²) < 4.78 is 2.11. The number of anilines is 2. The molecule has 1 atom stereocenters. The van der Waals surface area contributed by atoms with Crippen LogP contribution in [0.15, 0.2) is 85.1 Å². The minimum absolute atomic E-state index is 0.0225. The van der Waals surface area contributed by atoms with Gasteiger partial charge in [0.1, 0.15) is 6.04 Å². The summed E-state index contributed by atoms with van der Waals surface area (Å²) in [4.78, 5) is 28.2. The van der Waals surface area contributed by atoms with Gasteiger partial charge in [0, 0.05) is 53.0 Å². The van der Waals surface area contributed by atoms with E-state index in [1.165, 1.54) is 0 Å². The molecule has 1 aromatic heterocycles. The van der Waals surface area contributed by atoms with E-state index in [0.29, 0.717) is 28.4 Å². The second-order valence-corrected chi connectivity index (χ2v) is 8.97. The zero-order valence-corrected chi connectivity index (χ0v) is 19.7. The Kier molecular flexibility index (Phi) is 5.72. The highest BCUT2D eigenvalue weighted by atomic mass is 35.5. The molecule has 0 saturated heterocycles. The van der Waals surface area contributed by atoms with Crippen molar-refractivity contribution in [3.8, 4) is 0 Å². The Balaban J connectivity index is 1.40. The van der Waals surface area contributed by atoms with Gasteiger partial charge in [-0.2, -0.15) is 0 Å². The van der Waals surface area contributed by atoms with Gasteiger partial charge in [-0.25, -0.2) is 0 Å². The van der Waals surface area contributed by atoms with Crippen molar-refractivity contribution in [3.63, 3.8) is 0 Å². The van der Waals surface area contributed by atoms with Crippen molar-refractivity contribution >= 4 is 34.7 Å². The number of benzene rings is 3. The number of ketones is 1. The third-order valence-corrected chi connectivity index (χ3v) is 6.58. The largest absolute Gasteiger partial charge is 0.370 e. The lowest BCUT2D eigenvalue weighted by atomic mass is 10.0. The lowest BCUT2D eigenvalue weighted by Gasteiger charge is -2.20. The van der Waals surface area contributed by atoms with Crippen LogP contribution >= 0.6 is 11.6 Å². The number of aryl methyl sites for hydroxylation is 1. The van der Waals surface area contributed by atoms with Crippen molar-refractivity contribution in [1.82, 2.24) is 4.57 Å². The molecule has 2 heterocycles. The number of hydrogen-bond acceptors (Lipinski definition) is 3. The van der Waals surface area contributed by atoms with Crippen LogP contribution in [0, 0.1) is 6.92 Å². The summed E-state index contributed by atoms with van der Waals surface area (Å²) >= 11 is 6.03. The maximum atomic E-state index is 13.6. The maximum absolute atomic E-state index is 13.6. The molecule has 0 bridgehead atoms. The van der Waals surface area contributed by atoms with E-state index in [1.807, 2.05) is 43.5 Å². The number of nitrogens with zero attached hydrogens (tertiary/aromatic N) is 2. The van der Waals surface area contributed by atoms with Crippen LogP contribution in [0.2, 0.25) is 5.02 Å². The smallest absolute Gasteiger partial charge is 0.258 e. The van der Waals surface area contributed by atoms with Crippen molar-refractivity contribution < 1.29 is 9.59 Å². The van der Waals surface area contributed by atoms with Crippen LogP contribution in [0.5, 0.6) is 0 Å². The Morgan fingerprint density at radius 2 is 1.76 bits per heavy atom. The molecular weight excluding hydrogens is 446 g/mol. The number of halogens is 1. The number of amides is 1. The number of carbonyl (C=O) groups excluding carboxylic acids is 2. The topological polar surface area (TPSA) is 54.3 Å². The molecule has 3 aromatic carbocycles. The van der Waals surface area contributed by atoms with Gasteiger partial charge in [-0.1, -0.05) is 29.8 Å². The summed E-state index contributed by atoms with van der Waals surface area (Å²) in [5, 5.41) is 4.04. The van der Waals surface area contributed by atoms with Crippen LogP contribution < -0.4 is 10.2 Å². The van der Waals surface area contributed by atoms with Crippen LogP contribution in [0.25, 0.3) is 0 Å². The van der Waals surface area contributed by atoms with Crippen molar-refractivity contribution in [2.24, 2.45) is 0 Å². The minimum Gasteiger partial charge on any atom is -0.370 e. The molecule has 5 rings (SSSR count). The molecular formula is C28H24ClN3O2. The van der Waals surface area contributed by atoms with Crippen molar-refractivity contribution in [3.05, 3.63) is 118 Å². The Hall–Kier alpha value is -3.83. The normalized spacial score (nSPS) is 14.4. The maximum Gasteiger partial charge on any atom is 0.258 e. The minimum atomic E-state index is -0.499. The second-order valence-electron chi connectivity index (χ2n) is 8.53. The lowest BCUT2D eigenvalue weighted by molar-refractivity contribution is 0.0966. The number of Topliss-reactive ketones (excluding diaryl/α,β-unsaturated/α-hetero) is 1. The fourth-order valence-corrected chi connectivity index (χ4v) is 4.65. The van der Waals surface area contributed by atoms with Crippen molar-refractivity contribution in [2.45, 2.75) is 19.5 Å². The number of nitrogens with one attached hydrogen (secondary N) is 1. The highest BCUT2D eigenvalue weighted by Gasteiger charge is 2.28. The van der Waals surface area contributed by atoms with Gasteiger partial charge < -0.3 is 14.8 Å². The summed E-state index contributed by atoms with van der Waals surface area (Å²) in [6.45, 7) is 2.58. The van der Waals surface area contributed by atoms with Crippen molar-refractivity contribution in [2.75, 3.05) is 17.3 Å². The van der Waals surface area contributed by atoms with Crippen molar-refractivity contribution in [1.29, 1.82) is 0 Å². The Morgan fingerprint density at radius 1 is 1.00 bits per heavy atom. The predicted octanol–water partition coefficient (Wildman–Crippen LogP) is 6.12. The van der Waals surface area contributed by atoms with Gasteiger partial charge in [0.05, 0.1) is 0 Å². The van der Waals surface area contributed by atoms with E-state index in [1.54, 1.807) is 54.4 Å². The molecule has 1 aliphatic heterocycles. The Morgan fingerprint density at radius 3 is 2.53 bits per heavy atom. The molecule has 1 amide bonds. The number of rotatable bonds is 4. The van der Waals surface area contributed by atoms with Gasteiger partial charge in [-0.3, -0.25) is 9.59 Å². The molecule has 5 nitrogen and oxygen atoms in total. The third kappa shape index (κ3) is 3.99. The molecule has 4 aromatic rings. The highest BCUT2D eigenvalue weighted by Crippen LogP contribution is 2.31. The van der Waals surface area contributed by atoms with Gasteiger partial charge in [0.25, 0.3) is 5.91 Å². The number of aromatic nitrogens is 1. The van der Waals surface area contributed by atoms with E-state index >= 15 is 0 Å². The van der Waals surface area contributed by atoms with Crippen LogP contribution in [0.4, 0.5) is 11.4 Å². The zero-order chi connectivity index (χ0) is 23.8. The molecule has 170 valence electrons. The lowest BCUT2D eigenvalue weighted by Crippen LogP contribution is -2.27. The molecule has 0 aliphatic carbocycles. The van der Waals surface area contributed by atoms with Crippen LogP contribution in [0.3, 0.4) is 0 Å². The van der Waals surface area contributed by atoms with E-state index in [4.69, 9.17) is 11.6 Å². The summed E-state index contributed by atoms with van der Waals surface area (Å²) in [7, 11) is 1.73. The van der Waals surface area contributed by atoms with E-state index in [2.05, 4.69) is 16.0 Å². The average molecular weight is 470 g/mol. The van der Waals surface area contributed by atoms with Crippen LogP contribution in [-0.4, -0.2) is 23.3 Å². The summed E-state index contributed by atoms with van der Waals surface area (Å²) in [6, 6.07) is 23.9. The quantitative estimate of drug-likeness (QED) is 0.366. The van der Waals surface area contributed by atoms with Gasteiger partial charge >= 0.3 is 0 Å². The fourth-order valence-electron chi connectivity index (χ4n) is 4.43. The predicted molar refractivity (Wildman–Crippen MR) is 136 cm³/mol. The van der Waals surface area contributed by atoms with Crippen LogP contribution in [0.1, 0.15) is 43.6 Å². The third-order valence-electron chi connectivity index (χ3n) is 6.34. The first kappa shape index (κ1) is 22.0. The standard InChI is InChI=1S/C28H24ClN3O2/c1-18-16-21(29)11-14-23(18)28(34)31(2)22-12-9-19(10-13-22)27(33)26-25-8-5-15-32(25)17-20-6-3-4-7-24(20)30-26/h3-16,26,30H,17H2,1-2H3. The molecule has 6 heteroatoms. The second kappa shape index (κ2) is 8.84. The average Bonchev–Trinajstić information content (AvgIpc) is 3.24. The van der Waals surface area contributed by atoms with Crippen LogP contribution in [-0.2, 0) is 6.54 Å². The Labute approximate surface area is 203 Å². The van der Waals surface area contributed by atoms with Gasteiger partial charge in [-0.15, -0.1) is 0 Å². The van der Waals surface area contributed by atoms with E-state index < -0.39 is 6.04 Å². The number of carbonyl (C=O) groups is 2. The van der Waals surface area contributed by atoms with E-state index in [9.17, 15) is 9.59 Å². The number of fused-ring (bicyclic) bond motifs is 2. The molecule has 0 saturated carbocycles. The first-order chi connectivity index (χ1) is 16.4. The summed E-state index contributed by atoms with van der Waals surface area (Å²) in [5.41, 5.74) is 5.73. The molecule has 0 radical (unpaired) electrons. The number of para-hydroxylation sites is 1. The van der Waals surface area contributed by atoms with Gasteiger partial charge in [-0.05, 0) is 78.7 Å². The molecule has 1 unspecified atom stereocenters. The molecule has 0 fully saturated rings. The zero-order valence-electron chi connectivity index (χ0n) is 19.0. The SMILES string of the molecule is Cc1cc(Cl)ccc1C(=O)N(C)c1ccc(C(=O)C2Nc3ccccc3Cn3cccc32)cc1. The molecule has 1 aliphatic rings. The fraction of sp³-hybridized carbons (Fsp3) is 0.143. The van der Waals surface area contributed by atoms with E-state index in [0.717, 1.165) is 22.5 Å². The first-order valence-electron chi connectivity index (χ1n) is 11.1. The molecule has 1 N–H and O–H groups in total. The Bertz CT molecular complexity index is 1390. The molecule has 0 spiro atoms. The number of hydrogen-bond donors (Lipinski definition) is 1. The highest BCUT2D eigenvalue weighted by molar-refractivity contribution is 6.30. The first-order valence-corrected chi connectivity index (χ1v) is 11.5. The van der Waals surface area contributed by atoms with Gasteiger partial charge in [0.2, 0.25) is 0 Å². The molecule has 34 heavy (non-hydrogen) atoms. The van der Waals surface area contributed by atoms with E-state index in [-0.39, 0.29) is 11.7 Å². The summed E-state index contributed by atoms with van der Waals surface area (Å²) in [6.07, 6.45) is 2.00. The van der Waals surface area contributed by atoms with Gasteiger partial charge in [0.15, 0.2) is 5.78 Å². The monoisotopic (exact) mass is 469 g/mol. The summed E-state index contributed by atoms with van der Waals surface area (Å²) in [5.74, 6) is -0.154.